The molecule has 6 nitrogen and oxygen atoms in total. The van der Waals surface area contributed by atoms with Crippen molar-refractivity contribution in [1.82, 2.24) is 10.6 Å². The topological polar surface area (TPSA) is 73.8 Å². The molecule has 2 rings (SSSR count). The van der Waals surface area contributed by atoms with Crippen LogP contribution in [-0.4, -0.2) is 57.6 Å². The van der Waals surface area contributed by atoms with Crippen LogP contribution in [0.25, 0.3) is 0 Å². The predicted octanol–water partition coefficient (Wildman–Crippen LogP) is 2.41. The fraction of sp³-hybridized carbons (Fsp3) is 0.611. The van der Waals surface area contributed by atoms with E-state index in [9.17, 15) is 8.42 Å². The molecule has 0 radical (unpaired) electrons. The number of hydrogen-bond acceptors (Lipinski definition) is 4. The van der Waals surface area contributed by atoms with Gasteiger partial charge in [0.05, 0.1) is 16.2 Å². The van der Waals surface area contributed by atoms with Crippen LogP contribution in [0.4, 0.5) is 5.69 Å². The summed E-state index contributed by atoms with van der Waals surface area (Å²) >= 11 is 3.60. The molecule has 1 aromatic carbocycles. The van der Waals surface area contributed by atoms with Crippen LogP contribution in [0.2, 0.25) is 0 Å². The Hall–Kier alpha value is -1.28. The Balaban J connectivity index is 1.85. The molecule has 0 spiro atoms. The van der Waals surface area contributed by atoms with Crippen LogP contribution < -0.4 is 15.5 Å². The van der Waals surface area contributed by atoms with Crippen molar-refractivity contribution in [3.8, 4) is 0 Å². The summed E-state index contributed by atoms with van der Waals surface area (Å²) in [4.78, 5) is 6.55. The van der Waals surface area contributed by atoms with Crippen molar-refractivity contribution in [3.63, 3.8) is 0 Å². The highest BCUT2D eigenvalue weighted by atomic mass is 79.9. The number of nitrogens with one attached hydrogen (secondary N) is 2. The minimum Gasteiger partial charge on any atom is -0.368 e. The molecule has 1 fully saturated rings. The zero-order valence-corrected chi connectivity index (χ0v) is 18.3. The number of anilines is 1. The van der Waals surface area contributed by atoms with Crippen molar-refractivity contribution in [1.29, 1.82) is 0 Å². The van der Waals surface area contributed by atoms with Crippen LogP contribution in [0.5, 0.6) is 0 Å². The number of para-hydroxylation sites is 1. The highest BCUT2D eigenvalue weighted by molar-refractivity contribution is 9.10. The molecule has 0 aromatic heterocycles. The van der Waals surface area contributed by atoms with Gasteiger partial charge in [-0.3, -0.25) is 4.99 Å². The second kappa shape index (κ2) is 8.61. The second-order valence-electron chi connectivity index (χ2n) is 7.46. The molecule has 1 heterocycles. The zero-order valence-electron chi connectivity index (χ0n) is 15.9. The van der Waals surface area contributed by atoms with E-state index in [1.165, 1.54) is 5.69 Å². The van der Waals surface area contributed by atoms with Gasteiger partial charge >= 0.3 is 0 Å². The number of guanidine groups is 1. The molecule has 0 amide bonds. The standard InChI is InChI=1S/C18H29BrN4O2S/c1-18(2,3)26(24,25)12-10-21-17(20-4)22-14-9-11-23(13-14)16-8-6-5-7-15(16)19/h5-8,14H,9-13H2,1-4H3,(H2,20,21,22). The Bertz CT molecular complexity index is 744. The van der Waals surface area contributed by atoms with Gasteiger partial charge in [-0.25, -0.2) is 8.42 Å². The lowest BCUT2D eigenvalue weighted by molar-refractivity contribution is 0.558. The van der Waals surface area contributed by atoms with E-state index in [2.05, 4.69) is 42.5 Å². The quantitative estimate of drug-likeness (QED) is 0.538. The van der Waals surface area contributed by atoms with Gasteiger partial charge in [-0.15, -0.1) is 0 Å². The van der Waals surface area contributed by atoms with E-state index in [-0.39, 0.29) is 11.8 Å². The Kier molecular flexibility index (Phi) is 6.96. The number of nitrogens with zero attached hydrogens (tertiary/aromatic N) is 2. The Morgan fingerprint density at radius 3 is 2.65 bits per heavy atom. The molecular weight excluding hydrogens is 416 g/mol. The van der Waals surface area contributed by atoms with E-state index < -0.39 is 14.6 Å². The maximum atomic E-state index is 12.2. The molecule has 146 valence electrons. The van der Waals surface area contributed by atoms with E-state index in [0.717, 1.165) is 24.0 Å². The predicted molar refractivity (Wildman–Crippen MR) is 113 cm³/mol. The number of aliphatic imine (C=N–C) groups is 1. The summed E-state index contributed by atoms with van der Waals surface area (Å²) in [5.41, 5.74) is 1.19. The second-order valence-corrected chi connectivity index (χ2v) is 11.2. The van der Waals surface area contributed by atoms with Crippen LogP contribution in [0, 0.1) is 0 Å². The van der Waals surface area contributed by atoms with Crippen LogP contribution in [0.15, 0.2) is 33.7 Å². The van der Waals surface area contributed by atoms with Crippen LogP contribution in [0.1, 0.15) is 27.2 Å². The summed E-state index contributed by atoms with van der Waals surface area (Å²) in [6.45, 7) is 7.37. The first-order chi connectivity index (χ1) is 12.1. The molecule has 1 saturated heterocycles. The van der Waals surface area contributed by atoms with Crippen molar-refractivity contribution < 1.29 is 8.42 Å². The average Bonchev–Trinajstić information content (AvgIpc) is 3.01. The van der Waals surface area contributed by atoms with Crippen molar-refractivity contribution in [2.75, 3.05) is 37.3 Å². The minimum atomic E-state index is -3.14. The number of benzene rings is 1. The molecule has 0 bridgehead atoms. The molecule has 1 unspecified atom stereocenters. The minimum absolute atomic E-state index is 0.0882. The third kappa shape index (κ3) is 5.36. The van der Waals surface area contributed by atoms with Gasteiger partial charge in [0.25, 0.3) is 0 Å². The van der Waals surface area contributed by atoms with E-state index in [1.54, 1.807) is 27.8 Å². The summed E-state index contributed by atoms with van der Waals surface area (Å²) in [5.74, 6) is 0.735. The van der Waals surface area contributed by atoms with E-state index in [1.807, 2.05) is 18.2 Å². The SMILES string of the molecule is CN=C(NCCS(=O)(=O)C(C)(C)C)NC1CCN(c2ccccc2Br)C1. The van der Waals surface area contributed by atoms with Gasteiger partial charge in [-0.1, -0.05) is 12.1 Å². The highest BCUT2D eigenvalue weighted by Gasteiger charge is 2.28. The average molecular weight is 445 g/mol. The Morgan fingerprint density at radius 1 is 1.35 bits per heavy atom. The van der Waals surface area contributed by atoms with Crippen molar-refractivity contribution in [3.05, 3.63) is 28.7 Å². The van der Waals surface area contributed by atoms with Crippen LogP contribution >= 0.6 is 15.9 Å². The van der Waals surface area contributed by atoms with Gasteiger partial charge in [-0.05, 0) is 55.3 Å². The van der Waals surface area contributed by atoms with Gasteiger partial charge in [0, 0.05) is 37.2 Å². The molecule has 1 aromatic rings. The molecule has 1 aliphatic rings. The van der Waals surface area contributed by atoms with Crippen molar-refractivity contribution in [2.45, 2.75) is 38.0 Å². The maximum absolute atomic E-state index is 12.2. The summed E-state index contributed by atoms with van der Waals surface area (Å²) in [6, 6.07) is 8.48. The van der Waals surface area contributed by atoms with Gasteiger partial charge < -0.3 is 15.5 Å². The number of rotatable bonds is 5. The van der Waals surface area contributed by atoms with E-state index in [4.69, 9.17) is 0 Å². The first-order valence-electron chi connectivity index (χ1n) is 8.83. The number of halogens is 1. The third-order valence-electron chi connectivity index (χ3n) is 4.54. The lowest BCUT2D eigenvalue weighted by Gasteiger charge is -2.22. The molecule has 1 atom stereocenters. The van der Waals surface area contributed by atoms with Gasteiger partial charge in [0.2, 0.25) is 0 Å². The zero-order chi connectivity index (χ0) is 19.4. The van der Waals surface area contributed by atoms with Gasteiger partial charge in [0.15, 0.2) is 15.8 Å². The summed E-state index contributed by atoms with van der Waals surface area (Å²) in [7, 11) is -1.43. The first kappa shape index (κ1) is 21.0. The third-order valence-corrected chi connectivity index (χ3v) is 7.82. The van der Waals surface area contributed by atoms with Crippen LogP contribution in [0.3, 0.4) is 0 Å². The summed E-state index contributed by atoms with van der Waals surface area (Å²) < 4.78 is 24.7. The molecule has 8 heteroatoms. The van der Waals surface area contributed by atoms with E-state index >= 15 is 0 Å². The summed E-state index contributed by atoms with van der Waals surface area (Å²) in [5, 5.41) is 6.52. The molecule has 26 heavy (non-hydrogen) atoms. The molecular formula is C18H29BrN4O2S. The smallest absolute Gasteiger partial charge is 0.191 e. The molecule has 2 N–H and O–H groups in total. The maximum Gasteiger partial charge on any atom is 0.191 e. The Morgan fingerprint density at radius 2 is 2.04 bits per heavy atom. The first-order valence-corrected chi connectivity index (χ1v) is 11.3. The Labute approximate surface area is 165 Å². The fourth-order valence-electron chi connectivity index (χ4n) is 2.80. The van der Waals surface area contributed by atoms with Crippen molar-refractivity contribution in [2.24, 2.45) is 4.99 Å². The monoisotopic (exact) mass is 444 g/mol. The largest absolute Gasteiger partial charge is 0.368 e. The van der Waals surface area contributed by atoms with Crippen LogP contribution in [-0.2, 0) is 9.84 Å². The lowest BCUT2D eigenvalue weighted by Crippen LogP contribution is -2.46. The van der Waals surface area contributed by atoms with Crippen molar-refractivity contribution >= 4 is 37.4 Å². The molecule has 1 aliphatic heterocycles. The van der Waals surface area contributed by atoms with Gasteiger partial charge in [-0.2, -0.15) is 0 Å². The summed E-state index contributed by atoms with van der Waals surface area (Å²) in [6.07, 6.45) is 1.00. The van der Waals surface area contributed by atoms with E-state index in [0.29, 0.717) is 12.5 Å². The highest BCUT2D eigenvalue weighted by Crippen LogP contribution is 2.28. The number of hydrogen-bond donors (Lipinski definition) is 2. The molecule has 0 aliphatic carbocycles. The molecule has 0 saturated carbocycles. The number of sulfone groups is 1. The normalized spacial score (nSPS) is 18.9. The lowest BCUT2D eigenvalue weighted by atomic mass is 10.3. The van der Waals surface area contributed by atoms with Gasteiger partial charge in [0.1, 0.15) is 0 Å². The fourth-order valence-corrected chi connectivity index (χ4v) is 4.32.